The van der Waals surface area contributed by atoms with Crippen LogP contribution < -0.4 is 5.32 Å². The number of amides is 1. The number of aliphatic imine (C=N–C) groups is 1. The fraction of sp³-hybridized carbons (Fsp3) is 0.220. The van der Waals surface area contributed by atoms with Crippen molar-refractivity contribution in [3.63, 3.8) is 0 Å². The number of aryl methyl sites for hydroxylation is 3. The topological polar surface area (TPSA) is 154 Å². The molecule has 3 aromatic carbocycles. The summed E-state index contributed by atoms with van der Waals surface area (Å²) in [6.07, 6.45) is 8.79. The highest BCUT2D eigenvalue weighted by Gasteiger charge is 2.26. The molecule has 1 saturated carbocycles. The Hall–Kier alpha value is -5.63. The lowest BCUT2D eigenvalue weighted by Crippen LogP contribution is -2.16. The van der Waals surface area contributed by atoms with E-state index in [2.05, 4.69) is 20.9 Å². The quantitative estimate of drug-likeness (QED) is 0.137. The number of fused-ring (bicyclic) bond motifs is 3. The number of carboxylic acid groups (broad SMARTS) is 1. The van der Waals surface area contributed by atoms with Crippen molar-refractivity contribution in [2.45, 2.75) is 57.9 Å². The van der Waals surface area contributed by atoms with Crippen LogP contribution in [0.5, 0.6) is 0 Å². The zero-order valence-corrected chi connectivity index (χ0v) is 31.0. The molecule has 0 unspecified atom stereocenters. The summed E-state index contributed by atoms with van der Waals surface area (Å²) in [5, 5.41) is 25.6. The van der Waals surface area contributed by atoms with E-state index in [0.717, 1.165) is 37.4 Å². The van der Waals surface area contributed by atoms with Crippen LogP contribution in [0.2, 0.25) is 0 Å². The van der Waals surface area contributed by atoms with Gasteiger partial charge in [0, 0.05) is 33.0 Å². The Kier molecular flexibility index (Phi) is 10.7. The van der Waals surface area contributed by atoms with Crippen molar-refractivity contribution in [1.82, 2.24) is 19.7 Å². The lowest BCUT2D eigenvalue weighted by atomic mass is 9.83. The number of thiophene rings is 1. The van der Waals surface area contributed by atoms with Crippen molar-refractivity contribution in [3.05, 3.63) is 145 Å². The van der Waals surface area contributed by atoms with Crippen LogP contribution in [0.1, 0.15) is 90.6 Å². The summed E-state index contributed by atoms with van der Waals surface area (Å²) in [7, 11) is 0. The highest BCUT2D eigenvalue weighted by Crippen LogP contribution is 2.37. The van der Waals surface area contributed by atoms with Crippen molar-refractivity contribution >= 4 is 58.1 Å². The number of aromatic carboxylic acids is 1. The van der Waals surface area contributed by atoms with Crippen molar-refractivity contribution in [1.29, 1.82) is 0 Å². The van der Waals surface area contributed by atoms with Gasteiger partial charge in [-0.15, -0.1) is 32.9 Å². The summed E-state index contributed by atoms with van der Waals surface area (Å²) in [4.78, 5) is 36.0. The molecule has 2 aliphatic rings. The maximum absolute atomic E-state index is 15.0. The van der Waals surface area contributed by atoms with Crippen molar-refractivity contribution in [2.24, 2.45) is 4.99 Å². The number of halogens is 1. The second kappa shape index (κ2) is 15.8. The lowest BCUT2D eigenvalue weighted by molar-refractivity contribution is -0.115. The van der Waals surface area contributed by atoms with Gasteiger partial charge >= 0.3 is 5.97 Å². The van der Waals surface area contributed by atoms with Gasteiger partial charge in [0.1, 0.15) is 28.2 Å². The van der Waals surface area contributed by atoms with E-state index >= 15 is 0 Å². The number of anilines is 1. The van der Waals surface area contributed by atoms with E-state index in [1.165, 1.54) is 31.0 Å². The summed E-state index contributed by atoms with van der Waals surface area (Å²) in [5.74, 6) is 0.262. The number of carboxylic acids is 1. The smallest absolute Gasteiger partial charge is 0.335 e. The minimum atomic E-state index is -1.09. The molecule has 1 fully saturated rings. The maximum atomic E-state index is 15.0. The van der Waals surface area contributed by atoms with Gasteiger partial charge in [-0.05, 0) is 91.8 Å². The zero-order valence-electron chi connectivity index (χ0n) is 29.4. The number of rotatable bonds is 11. The maximum Gasteiger partial charge on any atom is 0.335 e. The SMILES string of the molecule is Cc1nnc2n1-c1sc(CCc3ccc(CC(=O)Nc4cccc(/C=C/c5nc(C6CCC6)cs5)c4)c(C(=O)O)c3)cc1C(c1ccccc1F)=NC2.O. The molecule has 0 atom stereocenters. The van der Waals surface area contributed by atoms with E-state index in [1.807, 2.05) is 60.0 Å². The summed E-state index contributed by atoms with van der Waals surface area (Å²) in [5.41, 5.74) is 5.90. The number of thiazole rings is 1. The van der Waals surface area contributed by atoms with Gasteiger partial charge in [-0.25, -0.2) is 14.2 Å². The zero-order chi connectivity index (χ0) is 36.5. The van der Waals surface area contributed by atoms with Gasteiger partial charge in [-0.1, -0.05) is 48.9 Å². The number of nitrogens with zero attached hydrogens (tertiary/aromatic N) is 5. The molecule has 8 rings (SSSR count). The Morgan fingerprint density at radius 2 is 1.85 bits per heavy atom. The van der Waals surface area contributed by atoms with Crippen molar-refractivity contribution in [3.8, 4) is 5.00 Å². The molecular weight excluding hydrogens is 724 g/mol. The first-order chi connectivity index (χ1) is 25.8. The molecule has 4 heterocycles. The van der Waals surface area contributed by atoms with Gasteiger partial charge in [0.2, 0.25) is 5.91 Å². The van der Waals surface area contributed by atoms with Crippen LogP contribution in [0.3, 0.4) is 0 Å². The van der Waals surface area contributed by atoms with Gasteiger partial charge in [0.05, 0.1) is 23.4 Å². The van der Waals surface area contributed by atoms with E-state index in [4.69, 9.17) is 9.98 Å². The number of hydrogen-bond donors (Lipinski definition) is 2. The van der Waals surface area contributed by atoms with E-state index in [-0.39, 0.29) is 35.7 Å². The second-order valence-corrected chi connectivity index (χ2v) is 15.3. The monoisotopic (exact) mass is 760 g/mol. The molecule has 3 aromatic heterocycles. The number of hydrogen-bond acceptors (Lipinski definition) is 8. The third-order valence-corrected chi connectivity index (χ3v) is 11.7. The van der Waals surface area contributed by atoms with Gasteiger partial charge in [0.15, 0.2) is 5.82 Å². The summed E-state index contributed by atoms with van der Waals surface area (Å²) < 4.78 is 16.9. The molecule has 1 amide bonds. The molecule has 0 bridgehead atoms. The van der Waals surface area contributed by atoms with Crippen LogP contribution in [0.15, 0.2) is 83.2 Å². The number of carbonyl (C=O) groups is 2. The van der Waals surface area contributed by atoms with Gasteiger partial charge < -0.3 is 15.9 Å². The summed E-state index contributed by atoms with van der Waals surface area (Å²) >= 11 is 3.21. The minimum absolute atomic E-state index is 0. The number of nitrogens with one attached hydrogen (secondary N) is 1. The van der Waals surface area contributed by atoms with Crippen LogP contribution >= 0.6 is 22.7 Å². The first kappa shape index (κ1) is 36.7. The molecular formula is C41H37FN6O4S2. The van der Waals surface area contributed by atoms with Gasteiger partial charge in [0.25, 0.3) is 0 Å². The third kappa shape index (κ3) is 7.70. The molecule has 4 N–H and O–H groups in total. The Balaban J connectivity index is 0.00000450. The second-order valence-electron chi connectivity index (χ2n) is 13.3. The largest absolute Gasteiger partial charge is 0.478 e. The van der Waals surface area contributed by atoms with Crippen LogP contribution in [0.4, 0.5) is 10.1 Å². The Morgan fingerprint density at radius 3 is 2.65 bits per heavy atom. The minimum Gasteiger partial charge on any atom is -0.478 e. The molecule has 10 nitrogen and oxygen atoms in total. The molecule has 0 saturated heterocycles. The molecule has 13 heteroatoms. The normalized spacial score (nSPS) is 13.7. The van der Waals surface area contributed by atoms with Crippen LogP contribution in [-0.2, 0) is 30.6 Å². The van der Waals surface area contributed by atoms with E-state index < -0.39 is 5.97 Å². The number of benzene rings is 3. The van der Waals surface area contributed by atoms with Crippen molar-refractivity contribution in [2.75, 3.05) is 5.32 Å². The predicted molar refractivity (Wildman–Crippen MR) is 211 cm³/mol. The van der Waals surface area contributed by atoms with Crippen LogP contribution in [-0.4, -0.2) is 47.9 Å². The summed E-state index contributed by atoms with van der Waals surface area (Å²) in [6.45, 7) is 2.16. The molecule has 0 spiro atoms. The van der Waals surface area contributed by atoms with Crippen LogP contribution in [0, 0.1) is 12.7 Å². The van der Waals surface area contributed by atoms with E-state index in [1.54, 1.807) is 53.0 Å². The Bertz CT molecular complexity index is 2430. The lowest BCUT2D eigenvalue weighted by Gasteiger charge is -2.22. The highest BCUT2D eigenvalue weighted by atomic mass is 32.1. The fourth-order valence-electron chi connectivity index (χ4n) is 6.72. The predicted octanol–water partition coefficient (Wildman–Crippen LogP) is 7.86. The molecule has 54 heavy (non-hydrogen) atoms. The summed E-state index contributed by atoms with van der Waals surface area (Å²) in [6, 6.07) is 21.4. The molecule has 6 aromatic rings. The highest BCUT2D eigenvalue weighted by molar-refractivity contribution is 7.15. The number of aromatic nitrogens is 4. The molecule has 1 aliphatic heterocycles. The molecule has 1 aliphatic carbocycles. The van der Waals surface area contributed by atoms with E-state index in [9.17, 15) is 19.1 Å². The molecule has 0 radical (unpaired) electrons. The van der Waals surface area contributed by atoms with Crippen LogP contribution in [0.25, 0.3) is 17.2 Å². The van der Waals surface area contributed by atoms with Gasteiger partial charge in [-0.2, -0.15) is 0 Å². The Labute approximate surface area is 319 Å². The average Bonchev–Trinajstić information content (AvgIpc) is 3.83. The number of carbonyl (C=O) groups excluding carboxylic acids is 1. The Morgan fingerprint density at radius 1 is 1.00 bits per heavy atom. The van der Waals surface area contributed by atoms with Crippen molar-refractivity contribution < 1.29 is 24.6 Å². The fourth-order valence-corrected chi connectivity index (χ4v) is 8.73. The molecule has 274 valence electrons. The van der Waals surface area contributed by atoms with Gasteiger partial charge in [-0.3, -0.25) is 14.4 Å². The average molecular weight is 761 g/mol. The first-order valence-electron chi connectivity index (χ1n) is 17.5. The standard InChI is InChI=1S/C41H35FN6O3S2.H2O/c1-24-46-47-36-22-43-39(31-10-2-3-11-34(31)42)33-21-30(53-40(33)48(24)36)16-13-26-12-15-28(32(19-26)41(50)51)20-37(49)44-29-9-4-6-25(18-29)14-17-38-45-35(23-52-38)27-7-5-8-27;/h2-4,6,9-12,14-15,17-19,21,23,27H,5,7-8,13,16,20,22H2,1H3,(H,44,49)(H,50,51);1H2/b17-14+;. The first-order valence-corrected chi connectivity index (χ1v) is 19.2. The third-order valence-electron chi connectivity index (χ3n) is 9.69. The van der Waals surface area contributed by atoms with E-state index in [0.29, 0.717) is 47.1 Å².